The monoisotopic (exact) mass is 506 g/mol. The molecule has 2 aliphatic carbocycles. The molecule has 0 bridgehead atoms. The average molecular weight is 507 g/mol. The Bertz CT molecular complexity index is 1030. The van der Waals surface area contributed by atoms with Gasteiger partial charge in [-0.1, -0.05) is 75.6 Å². The highest BCUT2D eigenvalue weighted by Gasteiger charge is 2.26. The van der Waals surface area contributed by atoms with Gasteiger partial charge in [0.15, 0.2) is 0 Å². The molecule has 0 unspecified atom stereocenters. The Kier molecular flexibility index (Phi) is 9.96. The van der Waals surface area contributed by atoms with E-state index in [9.17, 15) is 4.79 Å². The highest BCUT2D eigenvalue weighted by atomic mass is 19.1. The van der Waals surface area contributed by atoms with Crippen LogP contribution in [0.5, 0.6) is 0 Å². The SMILES string of the molecule is C=C(CO)C(=O)OC1CCC(c2ccc(-c3ccc(C4CCC(CCCCC)CC4)cc3)c(F)c2)CC1. The van der Waals surface area contributed by atoms with Gasteiger partial charge in [0.1, 0.15) is 11.9 Å². The summed E-state index contributed by atoms with van der Waals surface area (Å²) in [4.78, 5) is 11.8. The molecule has 0 heterocycles. The number of unbranched alkanes of at least 4 members (excludes halogenated alkanes) is 2. The normalized spacial score (nSPS) is 24.0. The molecule has 1 N–H and O–H groups in total. The summed E-state index contributed by atoms with van der Waals surface area (Å²) in [6, 6.07) is 14.2. The number of hydrogen-bond donors (Lipinski definition) is 1. The molecule has 0 aromatic heterocycles. The quantitative estimate of drug-likeness (QED) is 0.200. The minimum atomic E-state index is -0.526. The van der Waals surface area contributed by atoms with Crippen LogP contribution in [0, 0.1) is 11.7 Å². The molecule has 0 aliphatic heterocycles. The van der Waals surface area contributed by atoms with E-state index in [-0.39, 0.29) is 30.0 Å². The van der Waals surface area contributed by atoms with Crippen LogP contribution in [0.3, 0.4) is 0 Å². The maximum absolute atomic E-state index is 15.2. The van der Waals surface area contributed by atoms with Gasteiger partial charge in [0.05, 0.1) is 12.2 Å². The molecule has 0 amide bonds. The maximum Gasteiger partial charge on any atom is 0.336 e. The van der Waals surface area contributed by atoms with Crippen molar-refractivity contribution in [1.82, 2.24) is 0 Å². The number of ether oxygens (including phenoxy) is 1. The van der Waals surface area contributed by atoms with Gasteiger partial charge in [0, 0.05) is 5.56 Å². The smallest absolute Gasteiger partial charge is 0.336 e. The molecule has 2 aromatic rings. The number of hydrogen-bond acceptors (Lipinski definition) is 3. The lowest BCUT2D eigenvalue weighted by Crippen LogP contribution is -2.25. The Morgan fingerprint density at radius 1 is 0.919 bits per heavy atom. The van der Waals surface area contributed by atoms with Gasteiger partial charge >= 0.3 is 5.97 Å². The van der Waals surface area contributed by atoms with E-state index in [0.717, 1.165) is 42.7 Å². The van der Waals surface area contributed by atoms with E-state index >= 15 is 4.39 Å². The maximum atomic E-state index is 15.2. The van der Waals surface area contributed by atoms with Crippen LogP contribution in [-0.4, -0.2) is 23.8 Å². The summed E-state index contributed by atoms with van der Waals surface area (Å²) in [5.74, 6) is 1.11. The largest absolute Gasteiger partial charge is 0.459 e. The van der Waals surface area contributed by atoms with E-state index in [1.165, 1.54) is 56.9 Å². The number of halogens is 1. The van der Waals surface area contributed by atoms with Crippen LogP contribution in [0.4, 0.5) is 4.39 Å². The van der Waals surface area contributed by atoms with Gasteiger partial charge < -0.3 is 9.84 Å². The lowest BCUT2D eigenvalue weighted by molar-refractivity contribution is -0.146. The first kappa shape index (κ1) is 27.6. The second kappa shape index (κ2) is 13.4. The number of carbonyl (C=O) groups excluding carboxylic acids is 1. The van der Waals surface area contributed by atoms with Crippen LogP contribution in [0.2, 0.25) is 0 Å². The van der Waals surface area contributed by atoms with Crippen molar-refractivity contribution in [2.24, 2.45) is 5.92 Å². The van der Waals surface area contributed by atoms with E-state index in [0.29, 0.717) is 11.5 Å². The third kappa shape index (κ3) is 7.31. The van der Waals surface area contributed by atoms with Crippen LogP contribution in [0.25, 0.3) is 11.1 Å². The average Bonchev–Trinajstić information content (AvgIpc) is 2.93. The molecule has 200 valence electrons. The first-order valence-corrected chi connectivity index (χ1v) is 14.4. The van der Waals surface area contributed by atoms with Gasteiger partial charge in [-0.15, -0.1) is 0 Å². The Balaban J connectivity index is 1.30. The van der Waals surface area contributed by atoms with Crippen LogP contribution in [0.1, 0.15) is 107 Å². The van der Waals surface area contributed by atoms with Gasteiger partial charge in [-0.05, 0) is 91.9 Å². The van der Waals surface area contributed by atoms with Crippen molar-refractivity contribution in [3.8, 4) is 11.1 Å². The molecular weight excluding hydrogens is 463 g/mol. The Hall–Kier alpha value is -2.46. The predicted octanol–water partition coefficient (Wildman–Crippen LogP) is 8.46. The summed E-state index contributed by atoms with van der Waals surface area (Å²) in [5, 5.41) is 9.03. The molecule has 4 heteroatoms. The van der Waals surface area contributed by atoms with Gasteiger partial charge in [-0.25, -0.2) is 9.18 Å². The van der Waals surface area contributed by atoms with Crippen molar-refractivity contribution in [2.75, 3.05) is 6.61 Å². The summed E-state index contributed by atoms with van der Waals surface area (Å²) in [6.45, 7) is 5.41. The molecule has 0 atom stereocenters. The highest BCUT2D eigenvalue weighted by Crippen LogP contribution is 2.39. The van der Waals surface area contributed by atoms with Crippen molar-refractivity contribution < 1.29 is 19.0 Å². The third-order valence-electron chi connectivity index (χ3n) is 8.65. The summed E-state index contributed by atoms with van der Waals surface area (Å²) in [5.41, 5.74) is 4.07. The number of esters is 1. The lowest BCUT2D eigenvalue weighted by Gasteiger charge is -2.29. The number of benzene rings is 2. The summed E-state index contributed by atoms with van der Waals surface area (Å²) >= 11 is 0. The van der Waals surface area contributed by atoms with Crippen molar-refractivity contribution in [1.29, 1.82) is 0 Å². The van der Waals surface area contributed by atoms with E-state index in [1.54, 1.807) is 6.07 Å². The molecule has 2 aromatic carbocycles. The minimum Gasteiger partial charge on any atom is -0.459 e. The van der Waals surface area contributed by atoms with Crippen molar-refractivity contribution in [3.05, 3.63) is 71.6 Å². The fraction of sp³-hybridized carbons (Fsp3) is 0.545. The van der Waals surface area contributed by atoms with Crippen LogP contribution in [-0.2, 0) is 9.53 Å². The zero-order valence-corrected chi connectivity index (χ0v) is 22.4. The zero-order chi connectivity index (χ0) is 26.2. The second-order valence-corrected chi connectivity index (χ2v) is 11.2. The Labute approximate surface area is 222 Å². The summed E-state index contributed by atoms with van der Waals surface area (Å²) in [7, 11) is 0. The third-order valence-corrected chi connectivity index (χ3v) is 8.65. The van der Waals surface area contributed by atoms with Crippen LogP contribution in [0.15, 0.2) is 54.6 Å². The van der Waals surface area contributed by atoms with E-state index in [1.807, 2.05) is 6.07 Å². The molecule has 2 aliphatic rings. The number of rotatable bonds is 10. The fourth-order valence-corrected chi connectivity index (χ4v) is 6.23. The molecule has 2 saturated carbocycles. The molecular formula is C33H43FO3. The topological polar surface area (TPSA) is 46.5 Å². The van der Waals surface area contributed by atoms with E-state index in [2.05, 4.69) is 43.8 Å². The summed E-state index contributed by atoms with van der Waals surface area (Å²) < 4.78 is 20.6. The second-order valence-electron chi connectivity index (χ2n) is 11.2. The van der Waals surface area contributed by atoms with Crippen molar-refractivity contribution in [3.63, 3.8) is 0 Å². The minimum absolute atomic E-state index is 0.0815. The van der Waals surface area contributed by atoms with Gasteiger partial charge in [-0.3, -0.25) is 0 Å². The molecule has 0 radical (unpaired) electrons. The number of aliphatic hydroxyl groups excluding tert-OH is 1. The molecule has 3 nitrogen and oxygen atoms in total. The Morgan fingerprint density at radius 2 is 1.54 bits per heavy atom. The van der Waals surface area contributed by atoms with Crippen LogP contribution >= 0.6 is 0 Å². The number of aliphatic hydroxyl groups is 1. The summed E-state index contributed by atoms with van der Waals surface area (Å²) in [6.07, 6.45) is 13.7. The Morgan fingerprint density at radius 3 is 2.16 bits per heavy atom. The first-order chi connectivity index (χ1) is 18.0. The van der Waals surface area contributed by atoms with Gasteiger partial charge in [-0.2, -0.15) is 0 Å². The molecule has 2 fully saturated rings. The molecule has 0 saturated heterocycles. The van der Waals surface area contributed by atoms with E-state index < -0.39 is 5.97 Å². The predicted molar refractivity (Wildman–Crippen MR) is 148 cm³/mol. The van der Waals surface area contributed by atoms with Crippen LogP contribution < -0.4 is 0 Å². The van der Waals surface area contributed by atoms with Crippen molar-refractivity contribution >= 4 is 5.97 Å². The lowest BCUT2D eigenvalue weighted by atomic mass is 9.77. The molecule has 0 spiro atoms. The zero-order valence-electron chi connectivity index (χ0n) is 22.4. The van der Waals surface area contributed by atoms with Gasteiger partial charge in [0.2, 0.25) is 0 Å². The standard InChI is InChI=1S/C33H43FO3/c1-3-4-5-6-24-7-9-25(10-8-24)26-11-13-28(14-12-26)31-20-17-29(21-32(31)34)27-15-18-30(19-16-27)37-33(36)23(2)22-35/h11-14,17,20-21,24-25,27,30,35H,2-10,15-16,18-19,22H2,1H3. The van der Waals surface area contributed by atoms with E-state index in [4.69, 9.17) is 9.84 Å². The van der Waals surface area contributed by atoms with Gasteiger partial charge in [0.25, 0.3) is 0 Å². The first-order valence-electron chi connectivity index (χ1n) is 14.4. The highest BCUT2D eigenvalue weighted by molar-refractivity contribution is 5.88. The molecule has 4 rings (SSSR count). The number of carbonyl (C=O) groups is 1. The fourth-order valence-electron chi connectivity index (χ4n) is 6.23. The van der Waals surface area contributed by atoms with Crippen molar-refractivity contribution in [2.45, 2.75) is 102 Å². The molecule has 37 heavy (non-hydrogen) atoms.